The van der Waals surface area contributed by atoms with Crippen LogP contribution in [-0.2, 0) is 11.2 Å². The number of nitrogens with one attached hydrogen (secondary N) is 1. The van der Waals surface area contributed by atoms with Crippen molar-refractivity contribution in [2.24, 2.45) is 5.84 Å². The molecule has 2 rings (SSSR count). The minimum Gasteiger partial charge on any atom is -0.374 e. The number of aryl methyl sites for hydroxylation is 1. The Kier molecular flexibility index (Phi) is 5.13. The van der Waals surface area contributed by atoms with Gasteiger partial charge in [0.25, 0.3) is 0 Å². The van der Waals surface area contributed by atoms with Crippen LogP contribution in [0.3, 0.4) is 0 Å². The second-order valence-corrected chi connectivity index (χ2v) is 5.79. The molecule has 20 heavy (non-hydrogen) atoms. The van der Waals surface area contributed by atoms with Crippen molar-refractivity contribution in [1.82, 2.24) is 10.4 Å². The van der Waals surface area contributed by atoms with Crippen LogP contribution in [0.2, 0.25) is 0 Å². The maximum absolute atomic E-state index is 6.03. The fraction of sp³-hybridized carbons (Fsp3) is 0.688. The van der Waals surface area contributed by atoms with Crippen molar-refractivity contribution in [2.75, 3.05) is 6.61 Å². The van der Waals surface area contributed by atoms with Crippen LogP contribution in [0.25, 0.3) is 0 Å². The van der Waals surface area contributed by atoms with Gasteiger partial charge in [-0.1, -0.05) is 13.0 Å². The van der Waals surface area contributed by atoms with Crippen molar-refractivity contribution in [3.8, 4) is 0 Å². The Bertz CT molecular complexity index is 437. The molecule has 3 unspecified atom stereocenters. The van der Waals surface area contributed by atoms with Gasteiger partial charge in [0.2, 0.25) is 0 Å². The minimum atomic E-state index is -0.264. The molecule has 0 bridgehead atoms. The van der Waals surface area contributed by atoms with Gasteiger partial charge in [-0.15, -0.1) is 0 Å². The fourth-order valence-electron chi connectivity index (χ4n) is 3.43. The Morgan fingerprint density at radius 1 is 1.55 bits per heavy atom. The summed E-state index contributed by atoms with van der Waals surface area (Å²) < 4.78 is 6.03. The van der Waals surface area contributed by atoms with Gasteiger partial charge in [0, 0.05) is 24.4 Å². The average Bonchev–Trinajstić information content (AvgIpc) is 2.48. The summed E-state index contributed by atoms with van der Waals surface area (Å²) in [4.78, 5) is 4.63. The summed E-state index contributed by atoms with van der Waals surface area (Å²) >= 11 is 0. The summed E-state index contributed by atoms with van der Waals surface area (Å²) in [7, 11) is 0. The third kappa shape index (κ3) is 2.87. The van der Waals surface area contributed by atoms with E-state index in [1.807, 2.05) is 19.2 Å². The lowest BCUT2D eigenvalue weighted by Crippen LogP contribution is -2.56. The van der Waals surface area contributed by atoms with Gasteiger partial charge in [0.15, 0.2) is 0 Å². The molecule has 0 saturated heterocycles. The highest BCUT2D eigenvalue weighted by Crippen LogP contribution is 2.38. The third-order valence-corrected chi connectivity index (χ3v) is 4.65. The molecule has 1 aliphatic rings. The molecule has 1 heterocycles. The smallest absolute Gasteiger partial charge is 0.0823 e. The molecule has 0 aliphatic heterocycles. The van der Waals surface area contributed by atoms with E-state index in [1.165, 1.54) is 17.7 Å². The average molecular weight is 277 g/mol. The minimum absolute atomic E-state index is 0.0846. The van der Waals surface area contributed by atoms with Crippen molar-refractivity contribution in [2.45, 2.75) is 64.0 Å². The second-order valence-electron chi connectivity index (χ2n) is 5.79. The number of nitrogens with two attached hydrogens (primary N) is 1. The summed E-state index contributed by atoms with van der Waals surface area (Å²) in [6.45, 7) is 7.04. The summed E-state index contributed by atoms with van der Waals surface area (Å²) in [6.07, 6.45) is 6.23. The number of rotatable bonds is 6. The van der Waals surface area contributed by atoms with E-state index in [9.17, 15) is 0 Å². The molecule has 0 saturated carbocycles. The van der Waals surface area contributed by atoms with Crippen molar-refractivity contribution >= 4 is 0 Å². The van der Waals surface area contributed by atoms with Crippen molar-refractivity contribution in [3.05, 3.63) is 29.6 Å². The van der Waals surface area contributed by atoms with E-state index in [-0.39, 0.29) is 11.6 Å². The molecule has 0 amide bonds. The molecule has 1 aromatic rings. The Balaban J connectivity index is 2.33. The lowest BCUT2D eigenvalue weighted by Gasteiger charge is -2.42. The number of hydrogen-bond donors (Lipinski definition) is 2. The first-order chi connectivity index (χ1) is 9.66. The van der Waals surface area contributed by atoms with E-state index >= 15 is 0 Å². The fourth-order valence-corrected chi connectivity index (χ4v) is 3.43. The molecular formula is C16H27N3O. The van der Waals surface area contributed by atoms with Gasteiger partial charge < -0.3 is 4.74 Å². The molecule has 0 radical (unpaired) electrons. The molecule has 0 aromatic carbocycles. The molecule has 3 N–H and O–H groups in total. The summed E-state index contributed by atoms with van der Waals surface area (Å²) in [6, 6.07) is 4.29. The third-order valence-electron chi connectivity index (χ3n) is 4.65. The molecule has 112 valence electrons. The van der Waals surface area contributed by atoms with E-state index in [4.69, 9.17) is 10.6 Å². The number of fused-ring (bicyclic) bond motifs is 1. The van der Waals surface area contributed by atoms with Crippen LogP contribution in [0.1, 0.15) is 57.2 Å². The zero-order valence-electron chi connectivity index (χ0n) is 12.9. The topological polar surface area (TPSA) is 60.2 Å². The van der Waals surface area contributed by atoms with Crippen molar-refractivity contribution in [3.63, 3.8) is 0 Å². The van der Waals surface area contributed by atoms with E-state index < -0.39 is 0 Å². The molecule has 4 nitrogen and oxygen atoms in total. The molecule has 0 spiro atoms. The molecule has 0 fully saturated rings. The highest BCUT2D eigenvalue weighted by molar-refractivity contribution is 5.28. The lowest BCUT2D eigenvalue weighted by atomic mass is 9.75. The van der Waals surface area contributed by atoms with Crippen LogP contribution in [-0.4, -0.2) is 23.2 Å². The Morgan fingerprint density at radius 3 is 3.00 bits per heavy atom. The molecule has 3 atom stereocenters. The van der Waals surface area contributed by atoms with Gasteiger partial charge in [-0.3, -0.25) is 16.3 Å². The zero-order valence-corrected chi connectivity index (χ0v) is 12.9. The highest BCUT2D eigenvalue weighted by Gasteiger charge is 2.40. The summed E-state index contributed by atoms with van der Waals surface area (Å²) in [5.41, 5.74) is 5.32. The van der Waals surface area contributed by atoms with Gasteiger partial charge in [-0.2, -0.15) is 0 Å². The van der Waals surface area contributed by atoms with Gasteiger partial charge in [0.1, 0.15) is 0 Å². The first-order valence-electron chi connectivity index (χ1n) is 7.70. The first kappa shape index (κ1) is 15.4. The highest BCUT2D eigenvalue weighted by atomic mass is 16.5. The predicted molar refractivity (Wildman–Crippen MR) is 81.3 cm³/mol. The summed E-state index contributed by atoms with van der Waals surface area (Å²) in [5.74, 6) is 6.22. The SMILES string of the molecule is CCOC(C)(CC)C(NN)C1CCCc2cccnc21. The standard InChI is InChI=1S/C16H27N3O/c1-4-16(3,20-5-2)15(19-17)13-10-6-8-12-9-7-11-18-14(12)13/h7,9,11,13,15,19H,4-6,8,10,17H2,1-3H3. The molecule has 1 aliphatic carbocycles. The number of nitrogens with zero attached hydrogens (tertiary/aromatic N) is 1. The molecular weight excluding hydrogens is 250 g/mol. The van der Waals surface area contributed by atoms with Gasteiger partial charge >= 0.3 is 0 Å². The number of hydrogen-bond acceptors (Lipinski definition) is 4. The van der Waals surface area contributed by atoms with Crippen molar-refractivity contribution in [1.29, 1.82) is 0 Å². The number of ether oxygens (including phenoxy) is 1. The van der Waals surface area contributed by atoms with E-state index in [0.717, 1.165) is 19.3 Å². The molecule has 1 aromatic heterocycles. The van der Waals surface area contributed by atoms with Gasteiger partial charge in [0.05, 0.1) is 11.6 Å². The van der Waals surface area contributed by atoms with Gasteiger partial charge in [-0.25, -0.2) is 0 Å². The number of hydrazine groups is 1. The second kappa shape index (κ2) is 6.66. The maximum Gasteiger partial charge on any atom is 0.0823 e. The quantitative estimate of drug-likeness (QED) is 0.619. The van der Waals surface area contributed by atoms with Crippen LogP contribution in [0.5, 0.6) is 0 Å². The Labute approximate surface area is 122 Å². The maximum atomic E-state index is 6.03. The monoisotopic (exact) mass is 277 g/mol. The number of aromatic nitrogens is 1. The van der Waals surface area contributed by atoms with E-state index in [2.05, 4.69) is 30.3 Å². The van der Waals surface area contributed by atoms with Crippen LogP contribution >= 0.6 is 0 Å². The van der Waals surface area contributed by atoms with Gasteiger partial charge in [-0.05, 0) is 51.2 Å². The Hall–Kier alpha value is -0.970. The predicted octanol–water partition coefficient (Wildman–Crippen LogP) is 2.54. The lowest BCUT2D eigenvalue weighted by molar-refractivity contribution is -0.0631. The molecule has 4 heteroatoms. The zero-order chi connectivity index (χ0) is 14.6. The van der Waals surface area contributed by atoms with Crippen molar-refractivity contribution < 1.29 is 4.74 Å². The first-order valence-corrected chi connectivity index (χ1v) is 7.70. The largest absolute Gasteiger partial charge is 0.374 e. The van der Waals surface area contributed by atoms with Crippen LogP contribution in [0, 0.1) is 0 Å². The summed E-state index contributed by atoms with van der Waals surface area (Å²) in [5, 5.41) is 0. The van der Waals surface area contributed by atoms with E-state index in [0.29, 0.717) is 12.5 Å². The van der Waals surface area contributed by atoms with Crippen LogP contribution in [0.15, 0.2) is 18.3 Å². The van der Waals surface area contributed by atoms with Crippen LogP contribution in [0.4, 0.5) is 0 Å². The van der Waals surface area contributed by atoms with E-state index in [1.54, 1.807) is 0 Å². The number of pyridine rings is 1. The van der Waals surface area contributed by atoms with Crippen LogP contribution < -0.4 is 11.3 Å². The normalized spacial score (nSPS) is 22.9. The Morgan fingerprint density at radius 2 is 2.35 bits per heavy atom.